The number of thiazole rings is 1. The quantitative estimate of drug-likeness (QED) is 0.367. The molecule has 0 spiro atoms. The molecule has 0 aliphatic rings. The van der Waals surface area contributed by atoms with Gasteiger partial charge in [-0.05, 0) is 24.1 Å². The Morgan fingerprint density at radius 1 is 1.24 bits per heavy atom. The number of methoxy groups -OCH3 is 1. The van der Waals surface area contributed by atoms with E-state index in [9.17, 15) is 0 Å². The van der Waals surface area contributed by atoms with Crippen LogP contribution in [-0.4, -0.2) is 45.7 Å². The lowest BCUT2D eigenvalue weighted by atomic mass is 10.1. The number of nitrogens with zero attached hydrogens (tertiary/aromatic N) is 3. The number of anilines is 1. The number of nitrogens with one attached hydrogen (secondary N) is 2. The molecular weight excluding hydrogens is 449 g/mol. The van der Waals surface area contributed by atoms with Crippen LogP contribution < -0.4 is 20.3 Å². The summed E-state index contributed by atoms with van der Waals surface area (Å²) in [5, 5.41) is 9.68. The monoisotopic (exact) mass is 475 g/mol. The fraction of sp³-hybridized carbons (Fsp3) is 0.412. The highest BCUT2D eigenvalue weighted by molar-refractivity contribution is 14.0. The standard InChI is InChI=1S/C17H25N5OS.HI/c1-18-16(20-11-14-12-24-17(21-14)22(2)3)19-10-9-13-5-7-15(23-4)8-6-13;/h5-8,12H,9-11H2,1-4H3,(H2,18,19,20);1H. The summed E-state index contributed by atoms with van der Waals surface area (Å²) < 4.78 is 5.17. The van der Waals surface area contributed by atoms with Crippen molar-refractivity contribution in [2.75, 3.05) is 39.7 Å². The number of aromatic nitrogens is 1. The van der Waals surface area contributed by atoms with Crippen molar-refractivity contribution in [1.82, 2.24) is 15.6 Å². The normalized spacial score (nSPS) is 10.8. The zero-order valence-corrected chi connectivity index (χ0v) is 18.2. The number of aliphatic imine (C=N–C) groups is 1. The zero-order valence-electron chi connectivity index (χ0n) is 15.1. The fourth-order valence-electron chi connectivity index (χ4n) is 2.10. The summed E-state index contributed by atoms with van der Waals surface area (Å²) in [6, 6.07) is 8.11. The van der Waals surface area contributed by atoms with E-state index in [0.29, 0.717) is 6.54 Å². The van der Waals surface area contributed by atoms with Crippen LogP contribution >= 0.6 is 35.3 Å². The Morgan fingerprint density at radius 3 is 2.52 bits per heavy atom. The maximum atomic E-state index is 5.17. The van der Waals surface area contributed by atoms with E-state index in [-0.39, 0.29) is 24.0 Å². The number of guanidine groups is 1. The maximum Gasteiger partial charge on any atom is 0.191 e. The van der Waals surface area contributed by atoms with E-state index in [0.717, 1.165) is 35.5 Å². The predicted octanol–water partition coefficient (Wildman–Crippen LogP) is 2.74. The molecule has 2 N–H and O–H groups in total. The highest BCUT2D eigenvalue weighted by Crippen LogP contribution is 2.17. The number of ether oxygens (including phenoxy) is 1. The van der Waals surface area contributed by atoms with Crippen molar-refractivity contribution in [2.24, 2.45) is 4.99 Å². The van der Waals surface area contributed by atoms with E-state index >= 15 is 0 Å². The molecule has 25 heavy (non-hydrogen) atoms. The van der Waals surface area contributed by atoms with Crippen molar-refractivity contribution in [3.05, 3.63) is 40.9 Å². The smallest absolute Gasteiger partial charge is 0.191 e. The Bertz CT molecular complexity index is 657. The molecule has 6 nitrogen and oxygen atoms in total. The molecule has 1 aromatic carbocycles. The topological polar surface area (TPSA) is 61.8 Å². The van der Waals surface area contributed by atoms with Gasteiger partial charge >= 0.3 is 0 Å². The molecule has 0 saturated heterocycles. The van der Waals surface area contributed by atoms with E-state index in [2.05, 4.69) is 38.1 Å². The minimum absolute atomic E-state index is 0. The first-order valence-electron chi connectivity index (χ1n) is 7.81. The lowest BCUT2D eigenvalue weighted by Gasteiger charge is -2.11. The van der Waals surface area contributed by atoms with Gasteiger partial charge in [-0.25, -0.2) is 4.98 Å². The average Bonchev–Trinajstić information content (AvgIpc) is 3.08. The average molecular weight is 475 g/mol. The van der Waals surface area contributed by atoms with Crippen molar-refractivity contribution in [2.45, 2.75) is 13.0 Å². The minimum atomic E-state index is 0. The second-order valence-electron chi connectivity index (χ2n) is 5.47. The second-order valence-corrected chi connectivity index (χ2v) is 6.30. The Kier molecular flexibility index (Phi) is 9.58. The van der Waals surface area contributed by atoms with Gasteiger partial charge in [-0.3, -0.25) is 4.99 Å². The largest absolute Gasteiger partial charge is 0.497 e. The van der Waals surface area contributed by atoms with Crippen molar-refractivity contribution in [1.29, 1.82) is 0 Å². The van der Waals surface area contributed by atoms with Crippen molar-refractivity contribution in [3.8, 4) is 5.75 Å². The summed E-state index contributed by atoms with van der Waals surface area (Å²) in [6.07, 6.45) is 0.923. The van der Waals surface area contributed by atoms with Crippen molar-refractivity contribution >= 4 is 46.4 Å². The van der Waals surface area contributed by atoms with Gasteiger partial charge in [-0.2, -0.15) is 0 Å². The van der Waals surface area contributed by atoms with Crippen LogP contribution in [0.3, 0.4) is 0 Å². The van der Waals surface area contributed by atoms with Gasteiger partial charge in [0, 0.05) is 33.1 Å². The van der Waals surface area contributed by atoms with Crippen LogP contribution in [0.25, 0.3) is 0 Å². The molecule has 0 bridgehead atoms. The third-order valence-electron chi connectivity index (χ3n) is 3.45. The molecule has 0 fully saturated rings. The van der Waals surface area contributed by atoms with Crippen LogP contribution in [0.1, 0.15) is 11.3 Å². The number of hydrogen-bond acceptors (Lipinski definition) is 5. The van der Waals surface area contributed by atoms with Gasteiger partial charge in [-0.15, -0.1) is 35.3 Å². The molecule has 0 unspecified atom stereocenters. The number of rotatable bonds is 7. The van der Waals surface area contributed by atoms with Crippen LogP contribution in [0.15, 0.2) is 34.6 Å². The predicted molar refractivity (Wildman–Crippen MR) is 117 cm³/mol. The molecule has 2 aromatic rings. The van der Waals surface area contributed by atoms with Crippen molar-refractivity contribution < 1.29 is 4.74 Å². The van der Waals surface area contributed by atoms with Gasteiger partial charge in [0.1, 0.15) is 5.75 Å². The van der Waals surface area contributed by atoms with E-state index in [1.807, 2.05) is 31.1 Å². The molecule has 138 valence electrons. The Hall–Kier alpha value is -1.55. The van der Waals surface area contributed by atoms with Crippen LogP contribution in [0.5, 0.6) is 5.75 Å². The fourth-order valence-corrected chi connectivity index (χ4v) is 2.85. The molecule has 8 heteroatoms. The van der Waals surface area contributed by atoms with E-state index in [4.69, 9.17) is 4.74 Å². The summed E-state index contributed by atoms with van der Waals surface area (Å²) in [6.45, 7) is 1.47. The second kappa shape index (κ2) is 11.1. The summed E-state index contributed by atoms with van der Waals surface area (Å²) in [4.78, 5) is 10.8. The van der Waals surface area contributed by atoms with Crippen LogP contribution in [-0.2, 0) is 13.0 Å². The molecule has 0 amide bonds. The Balaban J connectivity index is 0.00000312. The highest BCUT2D eigenvalue weighted by atomic mass is 127. The van der Waals surface area contributed by atoms with Crippen LogP contribution in [0, 0.1) is 0 Å². The van der Waals surface area contributed by atoms with Gasteiger partial charge in [0.15, 0.2) is 11.1 Å². The molecule has 0 atom stereocenters. The summed E-state index contributed by atoms with van der Waals surface area (Å²) in [5.41, 5.74) is 2.27. The summed E-state index contributed by atoms with van der Waals surface area (Å²) in [5.74, 6) is 1.66. The molecule has 0 saturated carbocycles. The van der Waals surface area contributed by atoms with Gasteiger partial charge in [0.2, 0.25) is 0 Å². The lowest BCUT2D eigenvalue weighted by molar-refractivity contribution is 0.414. The van der Waals surface area contributed by atoms with Crippen LogP contribution in [0.2, 0.25) is 0 Å². The molecule has 0 radical (unpaired) electrons. The minimum Gasteiger partial charge on any atom is -0.497 e. The third kappa shape index (κ3) is 7.07. The van der Waals surface area contributed by atoms with Gasteiger partial charge in [-0.1, -0.05) is 12.1 Å². The van der Waals surface area contributed by atoms with Gasteiger partial charge in [0.25, 0.3) is 0 Å². The van der Waals surface area contributed by atoms with E-state index in [1.54, 1.807) is 25.5 Å². The first-order valence-corrected chi connectivity index (χ1v) is 8.69. The molecule has 0 aliphatic carbocycles. The Labute approximate surface area is 170 Å². The molecule has 1 aromatic heterocycles. The van der Waals surface area contributed by atoms with Crippen molar-refractivity contribution in [3.63, 3.8) is 0 Å². The highest BCUT2D eigenvalue weighted by Gasteiger charge is 2.04. The third-order valence-corrected chi connectivity index (χ3v) is 4.51. The zero-order chi connectivity index (χ0) is 17.4. The SMILES string of the molecule is CN=C(NCCc1ccc(OC)cc1)NCc1csc(N(C)C)n1.I. The molecular formula is C17H26IN5OS. The number of halogens is 1. The molecule has 0 aliphatic heterocycles. The summed E-state index contributed by atoms with van der Waals surface area (Å²) in [7, 11) is 7.44. The van der Waals surface area contributed by atoms with E-state index < -0.39 is 0 Å². The van der Waals surface area contributed by atoms with Crippen LogP contribution in [0.4, 0.5) is 5.13 Å². The first kappa shape index (κ1) is 21.5. The maximum absolute atomic E-state index is 5.17. The summed E-state index contributed by atoms with van der Waals surface area (Å²) >= 11 is 1.64. The molecule has 1 heterocycles. The number of hydrogen-bond donors (Lipinski definition) is 2. The first-order chi connectivity index (χ1) is 11.6. The number of benzene rings is 1. The van der Waals surface area contributed by atoms with Gasteiger partial charge < -0.3 is 20.3 Å². The van der Waals surface area contributed by atoms with E-state index in [1.165, 1.54) is 5.56 Å². The Morgan fingerprint density at radius 2 is 1.96 bits per heavy atom. The lowest BCUT2D eigenvalue weighted by Crippen LogP contribution is -2.37. The molecule has 2 rings (SSSR count). The van der Waals surface area contributed by atoms with Gasteiger partial charge in [0.05, 0.1) is 19.3 Å².